The van der Waals surface area contributed by atoms with E-state index in [-0.39, 0.29) is 0 Å². The van der Waals surface area contributed by atoms with Crippen LogP contribution in [0, 0.1) is 11.8 Å². The lowest BCUT2D eigenvalue weighted by Gasteiger charge is -2.21. The van der Waals surface area contributed by atoms with Crippen LogP contribution in [0.5, 0.6) is 0 Å². The van der Waals surface area contributed by atoms with Crippen LogP contribution in [0.4, 0.5) is 0 Å². The lowest BCUT2D eigenvalue weighted by Crippen LogP contribution is -2.13. The molecule has 2 aromatic rings. The van der Waals surface area contributed by atoms with Gasteiger partial charge in [-0.05, 0) is 43.2 Å². The molecule has 18 heavy (non-hydrogen) atoms. The number of rotatable bonds is 2. The Labute approximate surface area is 107 Å². The van der Waals surface area contributed by atoms with Crippen molar-refractivity contribution in [2.24, 2.45) is 11.8 Å². The van der Waals surface area contributed by atoms with Crippen LogP contribution in [0.3, 0.4) is 0 Å². The summed E-state index contributed by atoms with van der Waals surface area (Å²) >= 11 is 0. The highest BCUT2D eigenvalue weighted by molar-refractivity contribution is 5.33. The third-order valence-corrected chi connectivity index (χ3v) is 4.68. The number of benzene rings is 1. The molecule has 2 aliphatic rings. The van der Waals surface area contributed by atoms with Crippen LogP contribution in [0.2, 0.25) is 0 Å². The van der Waals surface area contributed by atoms with E-state index in [1.165, 1.54) is 37.2 Å². The van der Waals surface area contributed by atoms with Crippen LogP contribution in [0.1, 0.15) is 37.4 Å². The Morgan fingerprint density at radius 3 is 2.67 bits per heavy atom. The van der Waals surface area contributed by atoms with E-state index in [9.17, 15) is 0 Å². The van der Waals surface area contributed by atoms with Crippen molar-refractivity contribution in [3.05, 3.63) is 42.5 Å². The second kappa shape index (κ2) is 3.94. The van der Waals surface area contributed by atoms with Crippen molar-refractivity contribution in [2.45, 2.75) is 31.6 Å². The third-order valence-electron chi connectivity index (χ3n) is 4.68. The number of hydrogen-bond acceptors (Lipinski definition) is 2. The molecule has 2 bridgehead atoms. The average molecular weight is 239 g/mol. The first-order chi connectivity index (χ1) is 8.92. The molecule has 1 heterocycles. The van der Waals surface area contributed by atoms with Gasteiger partial charge in [0.15, 0.2) is 0 Å². The van der Waals surface area contributed by atoms with Gasteiger partial charge in [0.1, 0.15) is 12.2 Å². The van der Waals surface area contributed by atoms with E-state index in [2.05, 4.69) is 39.0 Å². The summed E-state index contributed by atoms with van der Waals surface area (Å²) in [5, 5.41) is 8.55. The lowest BCUT2D eigenvalue weighted by molar-refractivity contribution is 0.401. The summed E-state index contributed by atoms with van der Waals surface area (Å²) in [5.41, 5.74) is 1.18. The molecule has 0 radical (unpaired) electrons. The summed E-state index contributed by atoms with van der Waals surface area (Å²) in [7, 11) is 0. The number of hydrogen-bond donors (Lipinski definition) is 0. The first-order valence-electron chi connectivity index (χ1n) is 6.87. The van der Waals surface area contributed by atoms with E-state index in [4.69, 9.17) is 0 Å². The Morgan fingerprint density at radius 1 is 1.06 bits per heavy atom. The normalized spacial score (nSPS) is 29.9. The highest BCUT2D eigenvalue weighted by Crippen LogP contribution is 2.52. The van der Waals surface area contributed by atoms with Crippen molar-refractivity contribution < 1.29 is 0 Å². The first-order valence-corrected chi connectivity index (χ1v) is 6.87. The maximum absolute atomic E-state index is 4.41. The Hall–Kier alpha value is -1.64. The fourth-order valence-corrected chi connectivity index (χ4v) is 3.85. The van der Waals surface area contributed by atoms with Crippen LogP contribution < -0.4 is 0 Å². The Bertz CT molecular complexity index is 546. The largest absolute Gasteiger partial charge is 0.285 e. The molecular formula is C15H17N3. The molecule has 0 spiro atoms. The molecule has 3 atom stereocenters. The van der Waals surface area contributed by atoms with Crippen LogP contribution in [-0.2, 0) is 0 Å². The zero-order chi connectivity index (χ0) is 11.9. The van der Waals surface area contributed by atoms with Crippen molar-refractivity contribution in [2.75, 3.05) is 0 Å². The molecule has 2 saturated carbocycles. The molecule has 0 N–H and O–H groups in total. The monoisotopic (exact) mass is 239 g/mol. The van der Waals surface area contributed by atoms with Gasteiger partial charge in [0.05, 0.1) is 0 Å². The molecule has 0 amide bonds. The molecule has 3 heteroatoms. The topological polar surface area (TPSA) is 30.7 Å². The molecule has 3 unspecified atom stereocenters. The molecule has 4 rings (SSSR count). The highest BCUT2D eigenvalue weighted by atomic mass is 15.3. The van der Waals surface area contributed by atoms with Gasteiger partial charge in [-0.25, -0.2) is 0 Å². The van der Waals surface area contributed by atoms with Gasteiger partial charge in [0.2, 0.25) is 0 Å². The minimum Gasteiger partial charge on any atom is -0.285 e. The van der Waals surface area contributed by atoms with Gasteiger partial charge < -0.3 is 0 Å². The van der Waals surface area contributed by atoms with Gasteiger partial charge in [-0.3, -0.25) is 4.57 Å². The molecule has 2 fully saturated rings. The van der Waals surface area contributed by atoms with E-state index in [0.29, 0.717) is 5.92 Å². The van der Waals surface area contributed by atoms with Crippen molar-refractivity contribution in [3.63, 3.8) is 0 Å². The Morgan fingerprint density at radius 2 is 1.94 bits per heavy atom. The van der Waals surface area contributed by atoms with Gasteiger partial charge in [0, 0.05) is 11.6 Å². The molecule has 2 aliphatic carbocycles. The third kappa shape index (κ3) is 1.50. The summed E-state index contributed by atoms with van der Waals surface area (Å²) in [5.74, 6) is 3.60. The maximum Gasteiger partial charge on any atom is 0.140 e. The summed E-state index contributed by atoms with van der Waals surface area (Å²) in [6.07, 6.45) is 7.40. The minimum atomic E-state index is 0.631. The van der Waals surface area contributed by atoms with E-state index >= 15 is 0 Å². The Kier molecular flexibility index (Phi) is 2.25. The maximum atomic E-state index is 4.41. The zero-order valence-corrected chi connectivity index (χ0v) is 10.4. The summed E-state index contributed by atoms with van der Waals surface area (Å²) < 4.78 is 2.17. The second-order valence-electron chi connectivity index (χ2n) is 5.68. The minimum absolute atomic E-state index is 0.631. The van der Waals surface area contributed by atoms with Crippen LogP contribution >= 0.6 is 0 Å². The fourth-order valence-electron chi connectivity index (χ4n) is 3.85. The fraction of sp³-hybridized carbons (Fsp3) is 0.467. The molecule has 92 valence electrons. The lowest BCUT2D eigenvalue weighted by atomic mass is 9.88. The molecule has 1 aromatic carbocycles. The second-order valence-corrected chi connectivity index (χ2v) is 5.68. The predicted octanol–water partition coefficient (Wildman–Crippen LogP) is 3.17. The molecule has 0 aliphatic heterocycles. The van der Waals surface area contributed by atoms with Crippen molar-refractivity contribution in [1.29, 1.82) is 0 Å². The smallest absolute Gasteiger partial charge is 0.140 e. The van der Waals surface area contributed by atoms with Gasteiger partial charge >= 0.3 is 0 Å². The van der Waals surface area contributed by atoms with Crippen LogP contribution in [-0.4, -0.2) is 14.8 Å². The predicted molar refractivity (Wildman–Crippen MR) is 69.5 cm³/mol. The van der Waals surface area contributed by atoms with Crippen molar-refractivity contribution in [3.8, 4) is 5.69 Å². The number of para-hydroxylation sites is 1. The van der Waals surface area contributed by atoms with E-state index in [0.717, 1.165) is 11.8 Å². The molecular weight excluding hydrogens is 222 g/mol. The van der Waals surface area contributed by atoms with Gasteiger partial charge in [-0.1, -0.05) is 24.6 Å². The van der Waals surface area contributed by atoms with Gasteiger partial charge in [0.25, 0.3) is 0 Å². The van der Waals surface area contributed by atoms with Gasteiger partial charge in [-0.2, -0.15) is 0 Å². The van der Waals surface area contributed by atoms with Gasteiger partial charge in [-0.15, -0.1) is 10.2 Å². The first kappa shape index (κ1) is 10.3. The number of aromatic nitrogens is 3. The van der Waals surface area contributed by atoms with E-state index in [1.54, 1.807) is 0 Å². The van der Waals surface area contributed by atoms with Crippen LogP contribution in [0.15, 0.2) is 36.7 Å². The SMILES string of the molecule is c1ccc(-n2cnnc2C2CC3CCC2C3)cc1. The summed E-state index contributed by atoms with van der Waals surface area (Å²) in [6, 6.07) is 10.4. The van der Waals surface area contributed by atoms with Crippen molar-refractivity contribution in [1.82, 2.24) is 14.8 Å². The van der Waals surface area contributed by atoms with E-state index < -0.39 is 0 Å². The number of nitrogens with zero attached hydrogens (tertiary/aromatic N) is 3. The molecule has 3 nitrogen and oxygen atoms in total. The van der Waals surface area contributed by atoms with Crippen molar-refractivity contribution >= 4 is 0 Å². The van der Waals surface area contributed by atoms with E-state index in [1.807, 2.05) is 12.4 Å². The highest BCUT2D eigenvalue weighted by Gasteiger charge is 2.42. The molecule has 0 saturated heterocycles. The standard InChI is InChI=1S/C15H17N3/c1-2-4-13(5-3-1)18-10-16-17-15(18)14-9-11-6-7-12(14)8-11/h1-5,10-12,14H,6-9H2. The molecule has 1 aromatic heterocycles. The summed E-state index contributed by atoms with van der Waals surface area (Å²) in [6.45, 7) is 0. The number of fused-ring (bicyclic) bond motifs is 2. The average Bonchev–Trinajstić information content (AvgIpc) is 3.15. The zero-order valence-electron chi connectivity index (χ0n) is 10.4. The summed E-state index contributed by atoms with van der Waals surface area (Å²) in [4.78, 5) is 0. The quantitative estimate of drug-likeness (QED) is 0.806. The Balaban J connectivity index is 1.73. The van der Waals surface area contributed by atoms with Crippen LogP contribution in [0.25, 0.3) is 5.69 Å².